The lowest BCUT2D eigenvalue weighted by Crippen LogP contribution is -2.30. The molecule has 1 aliphatic heterocycles. The molecule has 3 rings (SSSR count). The first kappa shape index (κ1) is 18.2. The molecule has 0 fully saturated rings. The summed E-state index contributed by atoms with van der Waals surface area (Å²) in [4.78, 5) is 24.2. The summed E-state index contributed by atoms with van der Waals surface area (Å²) in [5.41, 5.74) is 1.77. The first-order valence-electron chi connectivity index (χ1n) is 8.17. The zero-order valence-corrected chi connectivity index (χ0v) is 15.2. The van der Waals surface area contributed by atoms with E-state index < -0.39 is 0 Å². The Morgan fingerprint density at radius 2 is 1.92 bits per heavy atom. The molecule has 0 bridgehead atoms. The van der Waals surface area contributed by atoms with Crippen LogP contribution in [0.25, 0.3) is 0 Å². The Balaban J connectivity index is 1.66. The smallest absolute Gasteiger partial charge is 0.238 e. The van der Waals surface area contributed by atoms with Gasteiger partial charge in [0, 0.05) is 22.7 Å². The number of fused-ring (bicyclic) bond motifs is 1. The van der Waals surface area contributed by atoms with Gasteiger partial charge in [0.25, 0.3) is 0 Å². The number of ether oxygens (including phenoxy) is 2. The summed E-state index contributed by atoms with van der Waals surface area (Å²) < 4.78 is 10.6. The molecule has 2 aromatic carbocycles. The number of anilines is 1. The van der Waals surface area contributed by atoms with E-state index in [2.05, 4.69) is 10.6 Å². The van der Waals surface area contributed by atoms with Gasteiger partial charge < -0.3 is 20.1 Å². The summed E-state index contributed by atoms with van der Waals surface area (Å²) in [5, 5.41) is 6.54. The molecule has 0 saturated heterocycles. The Kier molecular flexibility index (Phi) is 5.44. The first-order chi connectivity index (χ1) is 12.4. The Morgan fingerprint density at radius 1 is 1.19 bits per heavy atom. The van der Waals surface area contributed by atoms with Crippen LogP contribution in [0.3, 0.4) is 0 Å². The van der Waals surface area contributed by atoms with E-state index >= 15 is 0 Å². The van der Waals surface area contributed by atoms with Gasteiger partial charge in [-0.15, -0.1) is 0 Å². The second-order valence-electron chi connectivity index (χ2n) is 6.01. The van der Waals surface area contributed by atoms with Gasteiger partial charge in [0.2, 0.25) is 12.7 Å². The fraction of sp³-hybridized carbons (Fsp3) is 0.263. The third kappa shape index (κ3) is 4.15. The molecule has 0 unspecified atom stereocenters. The number of carbonyl (C=O) groups excluding carboxylic acids is 2. The van der Waals surface area contributed by atoms with Gasteiger partial charge in [-0.3, -0.25) is 9.59 Å². The molecular formula is C19H19ClN2O4. The van der Waals surface area contributed by atoms with E-state index in [0.29, 0.717) is 27.8 Å². The normalized spacial score (nSPS) is 13.3. The molecule has 136 valence electrons. The Hall–Kier alpha value is -2.57. The predicted molar refractivity (Wildman–Crippen MR) is 99.1 cm³/mol. The maximum absolute atomic E-state index is 12.3. The van der Waals surface area contributed by atoms with Crippen LogP contribution in [-0.2, 0) is 4.79 Å². The summed E-state index contributed by atoms with van der Waals surface area (Å²) in [7, 11) is 0. The standard InChI is InChI=1S/C19H19ClN2O4/c1-11(13-4-3-5-14(20)6-13)21-9-19(24)22-16-8-18-17(25-10-26-18)7-15(16)12(2)23/h3-8,11,21H,9-10H2,1-2H3,(H,22,24)/t11-/m1/s1. The average molecular weight is 375 g/mol. The van der Waals surface area contributed by atoms with E-state index in [0.717, 1.165) is 5.56 Å². The van der Waals surface area contributed by atoms with Crippen LogP contribution >= 0.6 is 11.6 Å². The van der Waals surface area contributed by atoms with Crippen LogP contribution < -0.4 is 20.1 Å². The van der Waals surface area contributed by atoms with Gasteiger partial charge in [-0.05, 0) is 37.6 Å². The van der Waals surface area contributed by atoms with Crippen molar-refractivity contribution in [2.24, 2.45) is 0 Å². The topological polar surface area (TPSA) is 76.7 Å². The van der Waals surface area contributed by atoms with Gasteiger partial charge >= 0.3 is 0 Å². The maximum atomic E-state index is 12.3. The minimum atomic E-state index is -0.264. The predicted octanol–water partition coefficient (Wildman–Crippen LogP) is 3.56. The number of hydrogen-bond acceptors (Lipinski definition) is 5. The number of halogens is 1. The molecule has 7 heteroatoms. The van der Waals surface area contributed by atoms with Gasteiger partial charge in [0.15, 0.2) is 17.3 Å². The molecule has 2 aromatic rings. The molecule has 0 spiro atoms. The number of ketones is 1. The van der Waals surface area contributed by atoms with Crippen molar-refractivity contribution in [2.45, 2.75) is 19.9 Å². The van der Waals surface area contributed by atoms with Crippen molar-refractivity contribution in [3.63, 3.8) is 0 Å². The third-order valence-electron chi connectivity index (χ3n) is 4.08. The molecular weight excluding hydrogens is 356 g/mol. The molecule has 0 aliphatic carbocycles. The second-order valence-corrected chi connectivity index (χ2v) is 6.45. The number of rotatable bonds is 6. The minimum Gasteiger partial charge on any atom is -0.454 e. The first-order valence-corrected chi connectivity index (χ1v) is 8.55. The van der Waals surface area contributed by atoms with Gasteiger partial charge in [-0.25, -0.2) is 0 Å². The molecule has 0 saturated carbocycles. The van der Waals surface area contributed by atoms with E-state index in [1.807, 2.05) is 25.1 Å². The summed E-state index contributed by atoms with van der Waals surface area (Å²) in [6, 6.07) is 10.6. The zero-order valence-electron chi connectivity index (χ0n) is 14.5. The number of benzene rings is 2. The molecule has 0 radical (unpaired) electrons. The van der Waals surface area contributed by atoms with E-state index in [-0.39, 0.29) is 31.1 Å². The largest absolute Gasteiger partial charge is 0.454 e. The maximum Gasteiger partial charge on any atom is 0.238 e. The summed E-state index contributed by atoms with van der Waals surface area (Å²) in [6.07, 6.45) is 0. The Labute approximate surface area is 156 Å². The van der Waals surface area contributed by atoms with Crippen molar-refractivity contribution in [2.75, 3.05) is 18.7 Å². The molecule has 1 heterocycles. The van der Waals surface area contributed by atoms with Crippen LogP contribution in [0.5, 0.6) is 11.5 Å². The van der Waals surface area contributed by atoms with Crippen molar-refractivity contribution >= 4 is 29.0 Å². The highest BCUT2D eigenvalue weighted by Gasteiger charge is 2.20. The van der Waals surface area contributed by atoms with Crippen LogP contribution in [0.2, 0.25) is 5.02 Å². The minimum absolute atomic E-state index is 0.0523. The van der Waals surface area contributed by atoms with Gasteiger partial charge in [0.1, 0.15) is 0 Å². The van der Waals surface area contributed by atoms with E-state index in [1.54, 1.807) is 18.2 Å². The molecule has 2 N–H and O–H groups in total. The highest BCUT2D eigenvalue weighted by Crippen LogP contribution is 2.37. The van der Waals surface area contributed by atoms with Crippen LogP contribution in [-0.4, -0.2) is 25.0 Å². The Bertz CT molecular complexity index is 853. The van der Waals surface area contributed by atoms with Crippen molar-refractivity contribution in [3.05, 3.63) is 52.5 Å². The number of Topliss-reactive ketones (excluding diaryl/α,β-unsaturated/α-hetero) is 1. The van der Waals surface area contributed by atoms with E-state index in [4.69, 9.17) is 21.1 Å². The average Bonchev–Trinajstić information content (AvgIpc) is 3.06. The third-order valence-corrected chi connectivity index (χ3v) is 4.32. The highest BCUT2D eigenvalue weighted by atomic mass is 35.5. The summed E-state index contributed by atoms with van der Waals surface area (Å²) in [5.74, 6) is 0.575. The number of hydrogen-bond donors (Lipinski definition) is 2. The van der Waals surface area contributed by atoms with Gasteiger partial charge in [-0.2, -0.15) is 0 Å². The number of nitrogens with one attached hydrogen (secondary N) is 2. The second kappa shape index (κ2) is 7.76. The lowest BCUT2D eigenvalue weighted by Gasteiger charge is -2.15. The zero-order chi connectivity index (χ0) is 18.7. The van der Waals surface area contributed by atoms with Crippen LogP contribution in [0, 0.1) is 0 Å². The molecule has 0 aromatic heterocycles. The molecule has 6 nitrogen and oxygen atoms in total. The van der Waals surface area contributed by atoms with Crippen molar-refractivity contribution in [1.29, 1.82) is 0 Å². The fourth-order valence-electron chi connectivity index (χ4n) is 2.67. The quantitative estimate of drug-likeness (QED) is 0.756. The SMILES string of the molecule is CC(=O)c1cc2c(cc1NC(=O)CN[C@H](C)c1cccc(Cl)c1)OCO2. The fourth-order valence-corrected chi connectivity index (χ4v) is 2.87. The van der Waals surface area contributed by atoms with Crippen LogP contribution in [0.4, 0.5) is 5.69 Å². The number of amides is 1. The lowest BCUT2D eigenvalue weighted by molar-refractivity contribution is -0.115. The van der Waals surface area contributed by atoms with Crippen molar-refractivity contribution in [3.8, 4) is 11.5 Å². The highest BCUT2D eigenvalue weighted by molar-refractivity contribution is 6.30. The molecule has 1 amide bonds. The van der Waals surface area contributed by atoms with Crippen LogP contribution in [0.1, 0.15) is 35.8 Å². The van der Waals surface area contributed by atoms with Gasteiger partial charge in [0.05, 0.1) is 12.2 Å². The van der Waals surface area contributed by atoms with E-state index in [1.165, 1.54) is 6.92 Å². The van der Waals surface area contributed by atoms with Crippen LogP contribution in [0.15, 0.2) is 36.4 Å². The summed E-state index contributed by atoms with van der Waals surface area (Å²) in [6.45, 7) is 3.56. The number of carbonyl (C=O) groups is 2. The van der Waals surface area contributed by atoms with Gasteiger partial charge in [-0.1, -0.05) is 23.7 Å². The lowest BCUT2D eigenvalue weighted by atomic mass is 10.1. The van der Waals surface area contributed by atoms with E-state index in [9.17, 15) is 9.59 Å². The molecule has 1 atom stereocenters. The van der Waals surface area contributed by atoms with Crippen molar-refractivity contribution in [1.82, 2.24) is 5.32 Å². The van der Waals surface area contributed by atoms with Crippen molar-refractivity contribution < 1.29 is 19.1 Å². The molecule has 1 aliphatic rings. The molecule has 26 heavy (non-hydrogen) atoms. The summed E-state index contributed by atoms with van der Waals surface area (Å²) >= 11 is 5.99. The Morgan fingerprint density at radius 3 is 2.62 bits per heavy atom. The monoisotopic (exact) mass is 374 g/mol.